The predicted molar refractivity (Wildman–Crippen MR) is 76.6 cm³/mol. The number of methoxy groups -OCH3 is 1. The van der Waals surface area contributed by atoms with Crippen LogP contribution in [0.25, 0.3) is 0 Å². The maximum absolute atomic E-state index is 12.6. The summed E-state index contributed by atoms with van der Waals surface area (Å²) in [6.07, 6.45) is 0. The molecule has 23 heavy (non-hydrogen) atoms. The van der Waals surface area contributed by atoms with Gasteiger partial charge in [-0.25, -0.2) is 4.79 Å². The van der Waals surface area contributed by atoms with Crippen molar-refractivity contribution < 1.29 is 34.4 Å². The monoisotopic (exact) mass is 314 g/mol. The number of hydrogen-bond acceptors (Lipinski definition) is 6. The highest BCUT2D eigenvalue weighted by Crippen LogP contribution is 2.39. The Kier molecular flexibility index (Phi) is 3.07. The van der Waals surface area contributed by atoms with Crippen LogP contribution in [0.2, 0.25) is 0 Å². The number of aromatic hydroxyl groups is 2. The second kappa shape index (κ2) is 4.84. The molecule has 0 aliphatic heterocycles. The lowest BCUT2D eigenvalue weighted by atomic mass is 9.82. The molecule has 7 heteroatoms. The molecule has 2 aromatic carbocycles. The van der Waals surface area contributed by atoms with Gasteiger partial charge in [0.2, 0.25) is 5.78 Å². The zero-order valence-electron chi connectivity index (χ0n) is 11.8. The number of fused-ring (bicyclic) bond motifs is 2. The number of ether oxygens (including phenoxy) is 1. The van der Waals surface area contributed by atoms with Crippen molar-refractivity contribution >= 4 is 17.5 Å². The van der Waals surface area contributed by atoms with Crippen molar-refractivity contribution in [3.8, 4) is 17.2 Å². The number of carbonyl (C=O) groups is 3. The minimum Gasteiger partial charge on any atom is -0.507 e. The first-order chi connectivity index (χ1) is 10.8. The second-order valence-electron chi connectivity index (χ2n) is 4.95. The van der Waals surface area contributed by atoms with Gasteiger partial charge in [0.1, 0.15) is 17.2 Å². The standard InChI is InChI=1S/C16H10O7/c1-23-7-4-9-13(11(18)5-7)15(20)12-8(14(9)19)2-6(16(21)22)3-10(12)17/h2-5,17-18H,1H3,(H,21,22). The summed E-state index contributed by atoms with van der Waals surface area (Å²) in [7, 11) is 1.33. The lowest BCUT2D eigenvalue weighted by molar-refractivity contribution is 0.0695. The van der Waals surface area contributed by atoms with Gasteiger partial charge in [0, 0.05) is 17.2 Å². The molecule has 2 aromatic rings. The molecule has 0 amide bonds. The number of ketones is 2. The Morgan fingerprint density at radius 3 is 2.04 bits per heavy atom. The molecule has 0 spiro atoms. The van der Waals surface area contributed by atoms with Crippen LogP contribution in [-0.2, 0) is 0 Å². The third kappa shape index (κ3) is 2.02. The van der Waals surface area contributed by atoms with Crippen LogP contribution in [0.5, 0.6) is 17.2 Å². The summed E-state index contributed by atoms with van der Waals surface area (Å²) < 4.78 is 4.95. The maximum Gasteiger partial charge on any atom is 0.335 e. The van der Waals surface area contributed by atoms with Crippen molar-refractivity contribution in [1.29, 1.82) is 0 Å². The fraction of sp³-hybridized carbons (Fsp3) is 0.0625. The zero-order valence-corrected chi connectivity index (χ0v) is 11.8. The molecule has 0 saturated heterocycles. The molecule has 1 aliphatic carbocycles. The van der Waals surface area contributed by atoms with Crippen LogP contribution >= 0.6 is 0 Å². The molecular formula is C16H10O7. The molecule has 0 bridgehead atoms. The number of aromatic carboxylic acids is 1. The summed E-state index contributed by atoms with van der Waals surface area (Å²) in [6, 6.07) is 4.37. The molecule has 0 saturated carbocycles. The van der Waals surface area contributed by atoms with Gasteiger partial charge in [-0.3, -0.25) is 9.59 Å². The number of benzene rings is 2. The highest BCUT2D eigenvalue weighted by molar-refractivity contribution is 6.30. The molecule has 0 atom stereocenters. The maximum atomic E-state index is 12.6. The number of rotatable bonds is 2. The third-order valence-corrected chi connectivity index (χ3v) is 3.63. The Bertz CT molecular complexity index is 896. The molecule has 0 unspecified atom stereocenters. The Hall–Kier alpha value is -3.35. The van der Waals surface area contributed by atoms with Crippen LogP contribution < -0.4 is 4.74 Å². The number of carboxylic acids is 1. The fourth-order valence-electron chi connectivity index (χ4n) is 2.57. The van der Waals surface area contributed by atoms with E-state index < -0.39 is 29.0 Å². The van der Waals surface area contributed by atoms with Crippen molar-refractivity contribution in [2.45, 2.75) is 0 Å². The van der Waals surface area contributed by atoms with E-state index in [1.807, 2.05) is 0 Å². The summed E-state index contributed by atoms with van der Waals surface area (Å²) in [6.45, 7) is 0. The quantitative estimate of drug-likeness (QED) is 0.656. The predicted octanol–water partition coefficient (Wildman–Crippen LogP) is 1.58. The van der Waals surface area contributed by atoms with Gasteiger partial charge in [-0.05, 0) is 18.2 Å². The first kappa shape index (κ1) is 14.6. The third-order valence-electron chi connectivity index (χ3n) is 3.63. The van der Waals surface area contributed by atoms with Gasteiger partial charge in [-0.2, -0.15) is 0 Å². The summed E-state index contributed by atoms with van der Waals surface area (Å²) in [4.78, 5) is 36.2. The van der Waals surface area contributed by atoms with E-state index in [0.29, 0.717) is 0 Å². The van der Waals surface area contributed by atoms with E-state index in [1.54, 1.807) is 0 Å². The second-order valence-corrected chi connectivity index (χ2v) is 4.95. The Labute approximate surface area is 129 Å². The van der Waals surface area contributed by atoms with Gasteiger partial charge >= 0.3 is 5.97 Å². The minimum atomic E-state index is -1.34. The van der Waals surface area contributed by atoms with Crippen LogP contribution in [0, 0.1) is 0 Å². The van der Waals surface area contributed by atoms with E-state index in [1.165, 1.54) is 19.2 Å². The molecule has 3 rings (SSSR count). The molecule has 0 radical (unpaired) electrons. The number of carboxylic acid groups (broad SMARTS) is 1. The number of carbonyl (C=O) groups excluding carboxylic acids is 2. The van der Waals surface area contributed by atoms with Gasteiger partial charge in [0.25, 0.3) is 0 Å². The van der Waals surface area contributed by atoms with E-state index >= 15 is 0 Å². The van der Waals surface area contributed by atoms with Crippen LogP contribution in [0.1, 0.15) is 42.2 Å². The summed E-state index contributed by atoms with van der Waals surface area (Å²) in [5.74, 6) is -3.69. The first-order valence-electron chi connectivity index (χ1n) is 6.45. The molecule has 0 heterocycles. The van der Waals surface area contributed by atoms with Crippen molar-refractivity contribution in [2.75, 3.05) is 7.11 Å². The van der Waals surface area contributed by atoms with Gasteiger partial charge < -0.3 is 20.1 Å². The van der Waals surface area contributed by atoms with Gasteiger partial charge in [-0.15, -0.1) is 0 Å². The van der Waals surface area contributed by atoms with E-state index in [2.05, 4.69) is 0 Å². The summed E-state index contributed by atoms with van der Waals surface area (Å²) >= 11 is 0. The largest absolute Gasteiger partial charge is 0.507 e. The summed E-state index contributed by atoms with van der Waals surface area (Å²) in [5, 5.41) is 29.0. The first-order valence-corrected chi connectivity index (χ1v) is 6.45. The average molecular weight is 314 g/mol. The Morgan fingerprint density at radius 1 is 0.913 bits per heavy atom. The van der Waals surface area contributed by atoms with Gasteiger partial charge in [-0.1, -0.05) is 0 Å². The lowest BCUT2D eigenvalue weighted by Gasteiger charge is -2.20. The van der Waals surface area contributed by atoms with E-state index in [9.17, 15) is 24.6 Å². The fourth-order valence-corrected chi connectivity index (χ4v) is 2.57. The van der Waals surface area contributed by atoms with Crippen molar-refractivity contribution in [3.05, 3.63) is 52.1 Å². The van der Waals surface area contributed by atoms with Crippen molar-refractivity contribution in [2.24, 2.45) is 0 Å². The highest BCUT2D eigenvalue weighted by atomic mass is 16.5. The Balaban J connectivity index is 2.33. The van der Waals surface area contributed by atoms with Crippen molar-refractivity contribution in [1.82, 2.24) is 0 Å². The highest BCUT2D eigenvalue weighted by Gasteiger charge is 2.35. The molecule has 1 aliphatic rings. The minimum absolute atomic E-state index is 0.110. The molecule has 3 N–H and O–H groups in total. The molecule has 116 valence electrons. The van der Waals surface area contributed by atoms with E-state index in [0.717, 1.165) is 12.1 Å². The van der Waals surface area contributed by atoms with Crippen LogP contribution in [0.15, 0.2) is 24.3 Å². The Morgan fingerprint density at radius 2 is 1.48 bits per heavy atom. The van der Waals surface area contributed by atoms with Crippen LogP contribution in [0.4, 0.5) is 0 Å². The van der Waals surface area contributed by atoms with Crippen LogP contribution in [0.3, 0.4) is 0 Å². The zero-order chi connectivity index (χ0) is 16.9. The van der Waals surface area contributed by atoms with Gasteiger partial charge in [0.05, 0.1) is 23.8 Å². The number of phenols is 2. The number of hydrogen-bond donors (Lipinski definition) is 3. The molecule has 7 nitrogen and oxygen atoms in total. The van der Waals surface area contributed by atoms with Crippen molar-refractivity contribution in [3.63, 3.8) is 0 Å². The summed E-state index contributed by atoms with van der Waals surface area (Å²) in [5.41, 5.74) is -1.23. The average Bonchev–Trinajstić information content (AvgIpc) is 2.50. The molecule has 0 aromatic heterocycles. The number of phenolic OH excluding ortho intramolecular Hbond substituents is 2. The molecule has 0 fully saturated rings. The smallest absolute Gasteiger partial charge is 0.335 e. The molecular weight excluding hydrogens is 304 g/mol. The van der Waals surface area contributed by atoms with Crippen LogP contribution in [-0.4, -0.2) is 40.0 Å². The SMILES string of the molecule is COc1cc(O)c2c(c1)C(=O)c1cc(C(=O)O)cc(O)c1C2=O. The van der Waals surface area contributed by atoms with E-state index in [-0.39, 0.29) is 33.6 Å². The topological polar surface area (TPSA) is 121 Å². The van der Waals surface area contributed by atoms with E-state index in [4.69, 9.17) is 9.84 Å². The van der Waals surface area contributed by atoms with Gasteiger partial charge in [0.15, 0.2) is 5.78 Å². The lowest BCUT2D eigenvalue weighted by Crippen LogP contribution is -2.22. The normalized spacial score (nSPS) is 12.6.